The maximum absolute atomic E-state index is 12.3. The number of likely N-dealkylation sites (tertiary alicyclic amines) is 1. The lowest BCUT2D eigenvalue weighted by atomic mass is 9.84. The zero-order valence-corrected chi connectivity index (χ0v) is 16.8. The predicted molar refractivity (Wildman–Crippen MR) is 103 cm³/mol. The summed E-state index contributed by atoms with van der Waals surface area (Å²) in [6, 6.07) is 8.11. The SMILES string of the molecule is CC(C)S(=O)(=O)N1CCC(C2CCN(Cc3ccc(Cl)cc3)C2)CC1. The number of halogens is 1. The van der Waals surface area contributed by atoms with Gasteiger partial charge in [0.25, 0.3) is 0 Å². The number of sulfonamides is 1. The van der Waals surface area contributed by atoms with E-state index >= 15 is 0 Å². The van der Waals surface area contributed by atoms with Crippen LogP contribution in [0.4, 0.5) is 0 Å². The topological polar surface area (TPSA) is 40.6 Å². The summed E-state index contributed by atoms with van der Waals surface area (Å²) in [6.07, 6.45) is 3.24. The third kappa shape index (κ3) is 4.57. The summed E-state index contributed by atoms with van der Waals surface area (Å²) in [7, 11) is -3.09. The van der Waals surface area contributed by atoms with Crippen LogP contribution >= 0.6 is 11.6 Å². The first-order chi connectivity index (χ1) is 11.9. The largest absolute Gasteiger partial charge is 0.299 e. The minimum atomic E-state index is -3.09. The Hall–Kier alpha value is -0.620. The van der Waals surface area contributed by atoms with Gasteiger partial charge in [0, 0.05) is 31.2 Å². The summed E-state index contributed by atoms with van der Waals surface area (Å²) in [5.41, 5.74) is 1.31. The molecule has 2 heterocycles. The quantitative estimate of drug-likeness (QED) is 0.778. The van der Waals surface area contributed by atoms with E-state index in [2.05, 4.69) is 17.0 Å². The molecule has 4 nitrogen and oxygen atoms in total. The summed E-state index contributed by atoms with van der Waals surface area (Å²) in [5, 5.41) is 0.469. The van der Waals surface area contributed by atoms with Gasteiger partial charge < -0.3 is 0 Å². The number of piperidine rings is 1. The van der Waals surface area contributed by atoms with Crippen molar-refractivity contribution in [2.45, 2.75) is 44.9 Å². The molecule has 0 amide bonds. The Labute approximate surface area is 157 Å². The van der Waals surface area contributed by atoms with Crippen LogP contribution in [0.1, 0.15) is 38.7 Å². The van der Waals surface area contributed by atoms with Crippen LogP contribution < -0.4 is 0 Å². The molecule has 1 unspecified atom stereocenters. The Kier molecular flexibility index (Phi) is 6.09. The van der Waals surface area contributed by atoms with E-state index in [1.807, 2.05) is 12.1 Å². The molecule has 2 aliphatic heterocycles. The minimum absolute atomic E-state index is 0.314. The van der Waals surface area contributed by atoms with Crippen LogP contribution in [0.15, 0.2) is 24.3 Å². The minimum Gasteiger partial charge on any atom is -0.299 e. The van der Waals surface area contributed by atoms with Gasteiger partial charge in [0.1, 0.15) is 0 Å². The Morgan fingerprint density at radius 1 is 1.04 bits per heavy atom. The van der Waals surface area contributed by atoms with Crippen LogP contribution in [-0.4, -0.2) is 49.1 Å². The molecule has 1 atom stereocenters. The normalized spacial score (nSPS) is 24.2. The zero-order valence-electron chi connectivity index (χ0n) is 15.2. The van der Waals surface area contributed by atoms with Gasteiger partial charge in [-0.2, -0.15) is 0 Å². The second kappa shape index (κ2) is 7.95. The molecule has 6 heteroatoms. The van der Waals surface area contributed by atoms with Gasteiger partial charge in [0.05, 0.1) is 5.25 Å². The first-order valence-electron chi connectivity index (χ1n) is 9.32. The van der Waals surface area contributed by atoms with E-state index in [4.69, 9.17) is 11.6 Å². The van der Waals surface area contributed by atoms with E-state index in [9.17, 15) is 8.42 Å². The Morgan fingerprint density at radius 3 is 2.24 bits per heavy atom. The van der Waals surface area contributed by atoms with Crippen molar-refractivity contribution in [3.8, 4) is 0 Å². The van der Waals surface area contributed by atoms with Crippen molar-refractivity contribution in [2.24, 2.45) is 11.8 Å². The van der Waals surface area contributed by atoms with Crippen LogP contribution in [0, 0.1) is 11.8 Å². The van der Waals surface area contributed by atoms with Crippen LogP contribution in [0.5, 0.6) is 0 Å². The van der Waals surface area contributed by atoms with Crippen molar-refractivity contribution in [2.75, 3.05) is 26.2 Å². The van der Waals surface area contributed by atoms with Crippen LogP contribution in [0.3, 0.4) is 0 Å². The molecule has 2 saturated heterocycles. The molecule has 25 heavy (non-hydrogen) atoms. The van der Waals surface area contributed by atoms with Crippen LogP contribution in [0.2, 0.25) is 5.02 Å². The number of hydrogen-bond acceptors (Lipinski definition) is 3. The fourth-order valence-corrected chi connectivity index (χ4v) is 5.58. The van der Waals surface area contributed by atoms with Crippen molar-refractivity contribution in [3.05, 3.63) is 34.9 Å². The van der Waals surface area contributed by atoms with Gasteiger partial charge in [-0.25, -0.2) is 12.7 Å². The number of nitrogens with zero attached hydrogens (tertiary/aromatic N) is 2. The van der Waals surface area contributed by atoms with E-state index in [1.165, 1.54) is 12.0 Å². The molecule has 0 N–H and O–H groups in total. The fourth-order valence-electron chi connectivity index (χ4n) is 4.14. The summed E-state index contributed by atoms with van der Waals surface area (Å²) < 4.78 is 26.3. The lowest BCUT2D eigenvalue weighted by Gasteiger charge is -2.35. The molecule has 0 spiro atoms. The molecule has 3 rings (SSSR count). The first-order valence-corrected chi connectivity index (χ1v) is 11.2. The van der Waals surface area contributed by atoms with Gasteiger partial charge in [0.2, 0.25) is 10.0 Å². The molecule has 0 bridgehead atoms. The summed E-state index contributed by atoms with van der Waals surface area (Å²) in [5.74, 6) is 1.37. The van der Waals surface area contributed by atoms with Gasteiger partial charge in [0.15, 0.2) is 0 Å². The van der Waals surface area contributed by atoms with Gasteiger partial charge in [-0.1, -0.05) is 23.7 Å². The monoisotopic (exact) mass is 384 g/mol. The molecule has 0 aliphatic carbocycles. The van der Waals surface area contributed by atoms with Crippen molar-refractivity contribution < 1.29 is 8.42 Å². The van der Waals surface area contributed by atoms with E-state index < -0.39 is 10.0 Å². The lowest BCUT2D eigenvalue weighted by Crippen LogP contribution is -2.43. The standard InChI is InChI=1S/C19H29ClN2O2S/c1-15(2)25(23,24)22-11-8-17(9-12-22)18-7-10-21(14-18)13-16-3-5-19(20)6-4-16/h3-6,15,17-18H,7-14H2,1-2H3. The molecule has 1 aromatic rings. The maximum Gasteiger partial charge on any atom is 0.216 e. The van der Waals surface area contributed by atoms with Gasteiger partial charge in [-0.15, -0.1) is 0 Å². The molecule has 2 aliphatic rings. The first kappa shape index (κ1) is 19.2. The summed E-state index contributed by atoms with van der Waals surface area (Å²) >= 11 is 5.96. The Balaban J connectivity index is 1.49. The number of benzene rings is 1. The average molecular weight is 385 g/mol. The smallest absolute Gasteiger partial charge is 0.216 e. The zero-order chi connectivity index (χ0) is 18.0. The highest BCUT2D eigenvalue weighted by atomic mass is 35.5. The Bertz CT molecular complexity index is 667. The van der Waals surface area contributed by atoms with E-state index in [-0.39, 0.29) is 5.25 Å². The van der Waals surface area contributed by atoms with Crippen LogP contribution in [-0.2, 0) is 16.6 Å². The maximum atomic E-state index is 12.3. The molecule has 1 aromatic carbocycles. The predicted octanol–water partition coefficient (Wildman–Crippen LogP) is 3.61. The van der Waals surface area contributed by atoms with Gasteiger partial charge >= 0.3 is 0 Å². The third-order valence-electron chi connectivity index (χ3n) is 5.75. The Morgan fingerprint density at radius 2 is 1.64 bits per heavy atom. The van der Waals surface area contributed by atoms with Crippen molar-refractivity contribution in [3.63, 3.8) is 0 Å². The van der Waals surface area contributed by atoms with Gasteiger partial charge in [-0.3, -0.25) is 4.90 Å². The number of hydrogen-bond donors (Lipinski definition) is 0. The highest BCUT2D eigenvalue weighted by Gasteiger charge is 2.35. The second-order valence-corrected chi connectivity index (χ2v) is 10.7. The fraction of sp³-hybridized carbons (Fsp3) is 0.684. The lowest BCUT2D eigenvalue weighted by molar-refractivity contribution is 0.201. The van der Waals surface area contributed by atoms with Crippen LogP contribution in [0.25, 0.3) is 0 Å². The van der Waals surface area contributed by atoms with E-state index in [1.54, 1.807) is 18.2 Å². The average Bonchev–Trinajstić information content (AvgIpc) is 3.05. The van der Waals surface area contributed by atoms with E-state index in [0.717, 1.165) is 37.5 Å². The highest BCUT2D eigenvalue weighted by Crippen LogP contribution is 2.33. The van der Waals surface area contributed by atoms with Gasteiger partial charge in [-0.05, 0) is 69.2 Å². The molecule has 140 valence electrons. The molecule has 0 aromatic heterocycles. The summed E-state index contributed by atoms with van der Waals surface area (Å²) in [4.78, 5) is 2.52. The summed E-state index contributed by atoms with van der Waals surface area (Å²) in [6.45, 7) is 8.17. The van der Waals surface area contributed by atoms with Crippen molar-refractivity contribution >= 4 is 21.6 Å². The van der Waals surface area contributed by atoms with Crippen molar-refractivity contribution in [1.82, 2.24) is 9.21 Å². The number of rotatable bonds is 5. The van der Waals surface area contributed by atoms with Crippen molar-refractivity contribution in [1.29, 1.82) is 0 Å². The molecular weight excluding hydrogens is 356 g/mol. The molecular formula is C19H29ClN2O2S. The highest BCUT2D eigenvalue weighted by molar-refractivity contribution is 7.89. The third-order valence-corrected chi connectivity index (χ3v) is 8.28. The molecule has 0 saturated carbocycles. The molecule has 0 radical (unpaired) electrons. The van der Waals surface area contributed by atoms with E-state index in [0.29, 0.717) is 24.9 Å². The molecule has 2 fully saturated rings. The second-order valence-electron chi connectivity index (χ2n) is 7.74.